The van der Waals surface area contributed by atoms with Gasteiger partial charge in [0, 0.05) is 10.8 Å². The number of rotatable bonds is 3. The van der Waals surface area contributed by atoms with Gasteiger partial charge in [0.05, 0.1) is 16.9 Å². The minimum Gasteiger partial charge on any atom is -0.493 e. The van der Waals surface area contributed by atoms with Crippen LogP contribution in [0.5, 0.6) is 5.88 Å². The number of H-pyrrole nitrogens is 1. The Morgan fingerprint density at radius 2 is 1.90 bits per heavy atom. The molecular formula is C20H16FN5O3. The summed E-state index contributed by atoms with van der Waals surface area (Å²) in [4.78, 5) is 27.9. The molecule has 2 heterocycles. The second-order valence-electron chi connectivity index (χ2n) is 6.75. The number of fused-ring (bicyclic) bond motifs is 2. The highest BCUT2D eigenvalue weighted by Crippen LogP contribution is 2.35. The Labute approximate surface area is 163 Å². The molecule has 4 rings (SSSR count). The zero-order valence-electron chi connectivity index (χ0n) is 15.5. The number of carbonyl (C=O) groups excluding carboxylic acids is 1. The summed E-state index contributed by atoms with van der Waals surface area (Å²) in [5, 5.41) is 22.9. The lowest BCUT2D eigenvalue weighted by Crippen LogP contribution is -2.27. The Morgan fingerprint density at radius 3 is 2.62 bits per heavy atom. The Hall–Kier alpha value is -3.88. The molecule has 0 bridgehead atoms. The van der Waals surface area contributed by atoms with E-state index in [4.69, 9.17) is 0 Å². The van der Waals surface area contributed by atoms with Crippen molar-refractivity contribution < 1.29 is 14.3 Å². The number of halogens is 1. The number of aromatic amines is 1. The van der Waals surface area contributed by atoms with Gasteiger partial charge >= 0.3 is 5.91 Å². The number of hydrogen-bond acceptors (Lipinski definition) is 5. The van der Waals surface area contributed by atoms with Gasteiger partial charge in [-0.15, -0.1) is 10.2 Å². The summed E-state index contributed by atoms with van der Waals surface area (Å²) in [5.41, 5.74) is -0.000850. The number of nitrogens with one attached hydrogen (secondary N) is 1. The van der Waals surface area contributed by atoms with E-state index in [2.05, 4.69) is 20.3 Å². The third-order valence-electron chi connectivity index (χ3n) is 4.48. The lowest BCUT2D eigenvalue weighted by molar-refractivity contribution is 0.0989. The number of benzene rings is 2. The van der Waals surface area contributed by atoms with Gasteiger partial charge in [0.15, 0.2) is 11.4 Å². The van der Waals surface area contributed by atoms with Crippen LogP contribution < -0.4 is 5.56 Å². The van der Waals surface area contributed by atoms with Crippen molar-refractivity contribution in [1.29, 1.82) is 0 Å². The number of amides is 1. The van der Waals surface area contributed by atoms with E-state index in [0.717, 1.165) is 0 Å². The van der Waals surface area contributed by atoms with Crippen LogP contribution in [-0.2, 0) is 0 Å². The molecule has 146 valence electrons. The van der Waals surface area contributed by atoms with Crippen molar-refractivity contribution in [3.63, 3.8) is 0 Å². The SMILES string of the molecule is CC(C)n1nc(C(=O)N=Nc2c(O)[nH]c3cc(F)ccc23)c2ccccc2c1=O. The molecule has 0 spiro atoms. The van der Waals surface area contributed by atoms with Crippen LogP contribution in [0.15, 0.2) is 57.5 Å². The topological polar surface area (TPSA) is 113 Å². The number of azo groups is 1. The highest BCUT2D eigenvalue weighted by Gasteiger charge is 2.18. The van der Waals surface area contributed by atoms with E-state index in [0.29, 0.717) is 21.7 Å². The van der Waals surface area contributed by atoms with Gasteiger partial charge in [-0.2, -0.15) is 5.10 Å². The van der Waals surface area contributed by atoms with E-state index in [1.165, 1.54) is 22.9 Å². The molecule has 1 amide bonds. The molecule has 9 heteroatoms. The fourth-order valence-corrected chi connectivity index (χ4v) is 3.10. The van der Waals surface area contributed by atoms with Crippen molar-refractivity contribution in [3.8, 4) is 5.88 Å². The molecule has 2 N–H and O–H groups in total. The number of aromatic nitrogens is 3. The monoisotopic (exact) mass is 393 g/mol. The van der Waals surface area contributed by atoms with Gasteiger partial charge < -0.3 is 10.1 Å². The van der Waals surface area contributed by atoms with Gasteiger partial charge in [0.2, 0.25) is 5.88 Å². The minimum absolute atomic E-state index is 0.00911. The second kappa shape index (κ2) is 6.93. The second-order valence-corrected chi connectivity index (χ2v) is 6.75. The van der Waals surface area contributed by atoms with Gasteiger partial charge in [-0.25, -0.2) is 9.07 Å². The number of hydrogen-bond donors (Lipinski definition) is 2. The Balaban J connectivity index is 1.82. The highest BCUT2D eigenvalue weighted by atomic mass is 19.1. The molecule has 0 aliphatic heterocycles. The van der Waals surface area contributed by atoms with Crippen molar-refractivity contribution in [2.24, 2.45) is 10.2 Å². The number of aromatic hydroxyl groups is 1. The van der Waals surface area contributed by atoms with E-state index in [1.54, 1.807) is 38.1 Å². The van der Waals surface area contributed by atoms with E-state index >= 15 is 0 Å². The smallest absolute Gasteiger partial charge is 0.316 e. The van der Waals surface area contributed by atoms with Crippen molar-refractivity contribution in [3.05, 3.63) is 64.3 Å². The molecule has 0 atom stereocenters. The van der Waals surface area contributed by atoms with Gasteiger partial charge in [0.1, 0.15) is 5.82 Å². The molecule has 0 saturated carbocycles. The van der Waals surface area contributed by atoms with Crippen LogP contribution in [0.25, 0.3) is 21.7 Å². The van der Waals surface area contributed by atoms with Crippen molar-refractivity contribution >= 4 is 33.3 Å². The summed E-state index contributed by atoms with van der Waals surface area (Å²) in [6.07, 6.45) is 0. The fraction of sp³-hybridized carbons (Fsp3) is 0.150. The lowest BCUT2D eigenvalue weighted by atomic mass is 10.1. The van der Waals surface area contributed by atoms with Gasteiger partial charge in [-0.1, -0.05) is 18.2 Å². The molecule has 8 nitrogen and oxygen atoms in total. The highest BCUT2D eigenvalue weighted by molar-refractivity contribution is 6.05. The third kappa shape index (κ3) is 3.16. The van der Waals surface area contributed by atoms with E-state index < -0.39 is 11.7 Å². The predicted octanol–water partition coefficient (Wildman–Crippen LogP) is 4.23. The molecule has 2 aromatic carbocycles. The van der Waals surface area contributed by atoms with Gasteiger partial charge in [-0.05, 0) is 38.1 Å². The summed E-state index contributed by atoms with van der Waals surface area (Å²) < 4.78 is 14.6. The molecule has 0 fully saturated rings. The van der Waals surface area contributed by atoms with Gasteiger partial charge in [0.25, 0.3) is 5.56 Å². The van der Waals surface area contributed by atoms with Crippen LogP contribution in [0, 0.1) is 5.82 Å². The standard InChI is InChI=1S/C20H16FN5O3/c1-10(2)26-20(29)13-6-4-3-5-12(13)17(25-26)19(28)24-23-16-14-8-7-11(21)9-15(14)22-18(16)27/h3-10,22,27H,1-2H3. The largest absolute Gasteiger partial charge is 0.493 e. The average molecular weight is 393 g/mol. The average Bonchev–Trinajstić information content (AvgIpc) is 3.00. The molecular weight excluding hydrogens is 377 g/mol. The molecule has 0 unspecified atom stereocenters. The predicted molar refractivity (Wildman–Crippen MR) is 105 cm³/mol. The number of nitrogens with zero attached hydrogens (tertiary/aromatic N) is 4. The Morgan fingerprint density at radius 1 is 1.17 bits per heavy atom. The molecule has 2 aromatic heterocycles. The summed E-state index contributed by atoms with van der Waals surface area (Å²) in [6.45, 7) is 3.56. The van der Waals surface area contributed by atoms with Crippen molar-refractivity contribution in [2.75, 3.05) is 0 Å². The zero-order valence-corrected chi connectivity index (χ0v) is 15.5. The van der Waals surface area contributed by atoms with Crippen LogP contribution in [0.4, 0.5) is 10.1 Å². The van der Waals surface area contributed by atoms with E-state index in [9.17, 15) is 19.1 Å². The molecule has 0 saturated heterocycles. The van der Waals surface area contributed by atoms with Gasteiger partial charge in [-0.3, -0.25) is 9.59 Å². The Kier molecular flexibility index (Phi) is 4.42. The summed E-state index contributed by atoms with van der Waals surface area (Å²) in [6, 6.07) is 10.2. The van der Waals surface area contributed by atoms with Crippen LogP contribution in [0.2, 0.25) is 0 Å². The normalized spacial score (nSPS) is 11.9. The van der Waals surface area contributed by atoms with Crippen molar-refractivity contribution in [2.45, 2.75) is 19.9 Å². The first-order valence-corrected chi connectivity index (χ1v) is 8.84. The fourth-order valence-electron chi connectivity index (χ4n) is 3.10. The first-order valence-electron chi connectivity index (χ1n) is 8.84. The first-order chi connectivity index (χ1) is 13.9. The lowest BCUT2D eigenvalue weighted by Gasteiger charge is -2.11. The van der Waals surface area contributed by atoms with Crippen molar-refractivity contribution in [1.82, 2.24) is 14.8 Å². The summed E-state index contributed by atoms with van der Waals surface area (Å²) >= 11 is 0. The molecule has 0 radical (unpaired) electrons. The van der Waals surface area contributed by atoms with Crippen LogP contribution >= 0.6 is 0 Å². The van der Waals surface area contributed by atoms with E-state index in [1.807, 2.05) is 0 Å². The maximum absolute atomic E-state index is 13.4. The van der Waals surface area contributed by atoms with E-state index in [-0.39, 0.29) is 28.9 Å². The molecule has 0 aliphatic rings. The van der Waals surface area contributed by atoms with Crippen LogP contribution in [-0.4, -0.2) is 25.8 Å². The first kappa shape index (κ1) is 18.5. The molecule has 4 aromatic rings. The maximum atomic E-state index is 13.4. The number of carbonyl (C=O) groups is 1. The molecule has 29 heavy (non-hydrogen) atoms. The Bertz CT molecular complexity index is 1350. The quantitative estimate of drug-likeness (QED) is 0.507. The maximum Gasteiger partial charge on any atom is 0.316 e. The summed E-state index contributed by atoms with van der Waals surface area (Å²) in [5.74, 6) is -1.59. The molecule has 0 aliphatic carbocycles. The van der Waals surface area contributed by atoms with Crippen LogP contribution in [0.1, 0.15) is 30.4 Å². The zero-order chi connectivity index (χ0) is 20.7. The third-order valence-corrected chi connectivity index (χ3v) is 4.48. The summed E-state index contributed by atoms with van der Waals surface area (Å²) in [7, 11) is 0. The van der Waals surface area contributed by atoms with Crippen LogP contribution in [0.3, 0.4) is 0 Å². The minimum atomic E-state index is -0.772.